The number of carbonyl (C=O) groups is 1. The summed E-state index contributed by atoms with van der Waals surface area (Å²) in [4.78, 5) is 12.8. The van der Waals surface area contributed by atoms with E-state index < -0.39 is 0 Å². The van der Waals surface area contributed by atoms with E-state index in [4.69, 9.17) is 9.47 Å². The highest BCUT2D eigenvalue weighted by atomic mass is 16.5. The lowest BCUT2D eigenvalue weighted by molar-refractivity contribution is 0.102. The van der Waals surface area contributed by atoms with Gasteiger partial charge in [-0.15, -0.1) is 0 Å². The van der Waals surface area contributed by atoms with E-state index in [2.05, 4.69) is 15.5 Å². The Morgan fingerprint density at radius 1 is 1.04 bits per heavy atom. The molecule has 0 radical (unpaired) electrons. The van der Waals surface area contributed by atoms with Gasteiger partial charge in [0.25, 0.3) is 5.91 Å². The SMILES string of the molecule is COc1cccc(C(=O)Nc2c(-c3ccccc3)n[nH]c2C)c1OC. The Morgan fingerprint density at radius 2 is 1.80 bits per heavy atom. The second-order valence-electron chi connectivity index (χ2n) is 5.43. The highest BCUT2D eigenvalue weighted by Crippen LogP contribution is 2.33. The van der Waals surface area contributed by atoms with Gasteiger partial charge in [-0.3, -0.25) is 9.89 Å². The molecule has 6 nitrogen and oxygen atoms in total. The summed E-state index contributed by atoms with van der Waals surface area (Å²) >= 11 is 0. The monoisotopic (exact) mass is 337 g/mol. The molecule has 1 amide bonds. The molecule has 0 spiro atoms. The molecular weight excluding hydrogens is 318 g/mol. The van der Waals surface area contributed by atoms with Gasteiger partial charge >= 0.3 is 0 Å². The molecule has 6 heteroatoms. The van der Waals surface area contributed by atoms with Gasteiger partial charge in [0.2, 0.25) is 0 Å². The predicted octanol–water partition coefficient (Wildman–Crippen LogP) is 3.65. The van der Waals surface area contributed by atoms with Crippen LogP contribution in [0.3, 0.4) is 0 Å². The van der Waals surface area contributed by atoms with E-state index in [0.29, 0.717) is 28.4 Å². The normalized spacial score (nSPS) is 10.4. The quantitative estimate of drug-likeness (QED) is 0.745. The first kappa shape index (κ1) is 16.6. The van der Waals surface area contributed by atoms with Crippen molar-refractivity contribution in [2.24, 2.45) is 0 Å². The maximum atomic E-state index is 12.8. The number of ether oxygens (including phenoxy) is 2. The summed E-state index contributed by atoms with van der Waals surface area (Å²) in [5, 5.41) is 10.2. The van der Waals surface area contributed by atoms with E-state index in [0.717, 1.165) is 11.3 Å². The Labute approximate surface area is 145 Å². The largest absolute Gasteiger partial charge is 0.493 e. The molecule has 0 aliphatic carbocycles. The van der Waals surface area contributed by atoms with Gasteiger partial charge in [-0.25, -0.2) is 0 Å². The number of hydrogen-bond donors (Lipinski definition) is 2. The topological polar surface area (TPSA) is 76.2 Å². The molecule has 3 rings (SSSR count). The molecule has 128 valence electrons. The molecule has 0 unspecified atom stereocenters. The number of hydrogen-bond acceptors (Lipinski definition) is 4. The molecule has 2 aromatic carbocycles. The van der Waals surface area contributed by atoms with Gasteiger partial charge in [0.15, 0.2) is 11.5 Å². The number of aromatic amines is 1. The lowest BCUT2D eigenvalue weighted by atomic mass is 10.1. The fraction of sp³-hybridized carbons (Fsp3) is 0.158. The van der Waals surface area contributed by atoms with Gasteiger partial charge in [-0.1, -0.05) is 36.4 Å². The van der Waals surface area contributed by atoms with Crippen LogP contribution in [0.2, 0.25) is 0 Å². The summed E-state index contributed by atoms with van der Waals surface area (Å²) in [6, 6.07) is 14.8. The van der Waals surface area contributed by atoms with Crippen LogP contribution in [0.25, 0.3) is 11.3 Å². The minimum atomic E-state index is -0.294. The van der Waals surface area contributed by atoms with Crippen LogP contribution < -0.4 is 14.8 Å². The molecule has 0 fully saturated rings. The van der Waals surface area contributed by atoms with Crippen molar-refractivity contribution in [3.63, 3.8) is 0 Å². The first-order valence-electron chi connectivity index (χ1n) is 7.78. The van der Waals surface area contributed by atoms with Gasteiger partial charge < -0.3 is 14.8 Å². The fourth-order valence-electron chi connectivity index (χ4n) is 2.63. The number of anilines is 1. The minimum Gasteiger partial charge on any atom is -0.493 e. The van der Waals surface area contributed by atoms with Crippen LogP contribution in [0.5, 0.6) is 11.5 Å². The van der Waals surface area contributed by atoms with Crippen LogP contribution in [0.1, 0.15) is 16.1 Å². The number of amides is 1. The summed E-state index contributed by atoms with van der Waals surface area (Å²) in [6.45, 7) is 1.86. The van der Waals surface area contributed by atoms with Crippen molar-refractivity contribution < 1.29 is 14.3 Å². The average Bonchev–Trinajstić information content (AvgIpc) is 3.02. The van der Waals surface area contributed by atoms with E-state index in [1.165, 1.54) is 14.2 Å². The van der Waals surface area contributed by atoms with Crippen LogP contribution >= 0.6 is 0 Å². The lowest BCUT2D eigenvalue weighted by Crippen LogP contribution is -2.14. The first-order chi connectivity index (χ1) is 12.2. The zero-order valence-electron chi connectivity index (χ0n) is 14.3. The van der Waals surface area contributed by atoms with Gasteiger partial charge in [0.1, 0.15) is 5.69 Å². The van der Waals surface area contributed by atoms with E-state index >= 15 is 0 Å². The van der Waals surface area contributed by atoms with Crippen molar-refractivity contribution in [3.8, 4) is 22.8 Å². The van der Waals surface area contributed by atoms with Crippen molar-refractivity contribution in [1.82, 2.24) is 10.2 Å². The molecular formula is C19H19N3O3. The van der Waals surface area contributed by atoms with E-state index in [9.17, 15) is 4.79 Å². The molecule has 0 saturated heterocycles. The summed E-state index contributed by atoms with van der Waals surface area (Å²) in [5.74, 6) is 0.602. The van der Waals surface area contributed by atoms with E-state index in [1.807, 2.05) is 37.3 Å². The molecule has 25 heavy (non-hydrogen) atoms. The third kappa shape index (κ3) is 3.19. The Hall–Kier alpha value is -3.28. The number of carbonyl (C=O) groups excluding carboxylic acids is 1. The summed E-state index contributed by atoms with van der Waals surface area (Å²) in [5.41, 5.74) is 3.41. The van der Waals surface area contributed by atoms with Gasteiger partial charge in [-0.05, 0) is 19.1 Å². The fourth-order valence-corrected chi connectivity index (χ4v) is 2.63. The molecule has 1 aromatic heterocycles. The van der Waals surface area contributed by atoms with Gasteiger partial charge in [0.05, 0.1) is 31.2 Å². The average molecular weight is 337 g/mol. The molecule has 0 aliphatic rings. The van der Waals surface area contributed by atoms with Crippen molar-refractivity contribution in [3.05, 3.63) is 59.8 Å². The molecule has 0 bridgehead atoms. The molecule has 1 heterocycles. The number of H-pyrrole nitrogens is 1. The maximum absolute atomic E-state index is 12.8. The second-order valence-corrected chi connectivity index (χ2v) is 5.43. The molecule has 0 atom stereocenters. The second kappa shape index (κ2) is 7.09. The van der Waals surface area contributed by atoms with E-state index in [1.54, 1.807) is 18.2 Å². The zero-order valence-corrected chi connectivity index (χ0v) is 14.3. The van der Waals surface area contributed by atoms with Gasteiger partial charge in [0, 0.05) is 5.56 Å². The molecule has 2 N–H and O–H groups in total. The number of methoxy groups -OCH3 is 2. The van der Waals surface area contributed by atoms with Crippen LogP contribution in [-0.2, 0) is 0 Å². The number of benzene rings is 2. The third-order valence-electron chi connectivity index (χ3n) is 3.88. The Kier molecular flexibility index (Phi) is 4.70. The van der Waals surface area contributed by atoms with Crippen LogP contribution in [0.4, 0.5) is 5.69 Å². The Balaban J connectivity index is 1.97. The standard InChI is InChI=1S/C19H19N3O3/c1-12-16(17(22-21-12)13-8-5-4-6-9-13)20-19(23)14-10-7-11-15(24-2)18(14)25-3/h4-11H,1-3H3,(H,20,23)(H,21,22). The summed E-state index contributed by atoms with van der Waals surface area (Å²) in [6.07, 6.45) is 0. The zero-order chi connectivity index (χ0) is 17.8. The van der Waals surface area contributed by atoms with Crippen molar-refractivity contribution in [2.75, 3.05) is 19.5 Å². The minimum absolute atomic E-state index is 0.294. The van der Waals surface area contributed by atoms with Gasteiger partial charge in [-0.2, -0.15) is 5.10 Å². The maximum Gasteiger partial charge on any atom is 0.259 e. The van der Waals surface area contributed by atoms with Crippen LogP contribution in [0, 0.1) is 6.92 Å². The highest BCUT2D eigenvalue weighted by molar-refractivity contribution is 6.08. The number of nitrogens with one attached hydrogen (secondary N) is 2. The third-order valence-corrected chi connectivity index (χ3v) is 3.88. The number of aromatic nitrogens is 2. The molecule has 3 aromatic rings. The number of para-hydroxylation sites is 1. The van der Waals surface area contributed by atoms with Crippen molar-refractivity contribution >= 4 is 11.6 Å². The van der Waals surface area contributed by atoms with E-state index in [-0.39, 0.29) is 5.91 Å². The molecule has 0 aliphatic heterocycles. The van der Waals surface area contributed by atoms with Crippen molar-refractivity contribution in [1.29, 1.82) is 0 Å². The number of nitrogens with zero attached hydrogens (tertiary/aromatic N) is 1. The van der Waals surface area contributed by atoms with Crippen LogP contribution in [-0.4, -0.2) is 30.3 Å². The smallest absolute Gasteiger partial charge is 0.259 e. The lowest BCUT2D eigenvalue weighted by Gasteiger charge is -2.13. The number of aryl methyl sites for hydroxylation is 1. The Morgan fingerprint density at radius 3 is 2.48 bits per heavy atom. The summed E-state index contributed by atoms with van der Waals surface area (Å²) in [7, 11) is 3.04. The predicted molar refractivity (Wildman–Crippen MR) is 96.3 cm³/mol. The molecule has 0 saturated carbocycles. The van der Waals surface area contributed by atoms with Crippen molar-refractivity contribution in [2.45, 2.75) is 6.92 Å². The highest BCUT2D eigenvalue weighted by Gasteiger charge is 2.20. The van der Waals surface area contributed by atoms with Crippen LogP contribution in [0.15, 0.2) is 48.5 Å². The Bertz CT molecular complexity index is 888. The number of rotatable bonds is 5. The first-order valence-corrected chi connectivity index (χ1v) is 7.78. The summed E-state index contributed by atoms with van der Waals surface area (Å²) < 4.78 is 10.6.